The molecule has 0 spiro atoms. The monoisotopic (exact) mass is 1780 g/mol. The molecule has 706 valence electrons. The fourth-order valence-corrected chi connectivity index (χ4v) is 16.4. The van der Waals surface area contributed by atoms with Gasteiger partial charge in [-0.05, 0) is 138 Å². The Bertz CT molecular complexity index is 4320. The first-order chi connectivity index (χ1) is 61.4. The van der Waals surface area contributed by atoms with Crippen LogP contribution in [-0.4, -0.2) is 298 Å². The minimum absolute atomic E-state index is 0.00921. The van der Waals surface area contributed by atoms with Crippen molar-refractivity contribution in [3.05, 3.63) is 84.0 Å². The van der Waals surface area contributed by atoms with Crippen molar-refractivity contribution in [2.75, 3.05) is 165 Å². The number of anilines is 2. The Morgan fingerprint density at radius 1 is 0.717 bits per heavy atom. The van der Waals surface area contributed by atoms with E-state index in [9.17, 15) is 39.0 Å². The maximum Gasteiger partial charge on any atom is 0.329 e. The summed E-state index contributed by atoms with van der Waals surface area (Å²) in [7, 11) is 4.61. The molecule has 36 heteroatoms. The Hall–Kier alpha value is -8.28. The number of nitrogens with two attached hydrogens (primary N) is 2. The van der Waals surface area contributed by atoms with Gasteiger partial charge in [-0.15, -0.1) is 5.10 Å². The number of hydrogen-bond donors (Lipinski definition) is 5. The number of nitrogen functional groups attached to an aromatic ring is 2. The molecule has 2 saturated heterocycles. The van der Waals surface area contributed by atoms with Crippen molar-refractivity contribution in [1.29, 1.82) is 0 Å². The third-order valence-corrected chi connectivity index (χ3v) is 23.7. The predicted octanol–water partition coefficient (Wildman–Crippen LogP) is 8.25. The van der Waals surface area contributed by atoms with Crippen LogP contribution in [0.1, 0.15) is 150 Å². The molecule has 36 nitrogen and oxygen atoms in total. The number of rotatable bonds is 45. The zero-order valence-corrected chi connectivity index (χ0v) is 75.9. The standard InChI is InChI=1S/C91H138N12O24/c1-60-18-12-11-13-19-61(2)76(112-8)55-70-24-21-66(7)91(111,127-70)85(108)88(109)102-29-16-14-20-72(102)89(110)125-77(56-73(104)62(3)51-65(6)83(107)84(114-10)82(106)64(5)50-60)63(4)52-67-22-25-75(78(53-67)113-9)124-49-48-123-58-69-57-101(100-98-69)31-33-116-35-37-118-39-41-120-43-45-122-47-46-121-44-42-119-40-38-117-36-34-115-32-27-79(105)94-28-15-17-30-103-87-80(86(92)95-59-96-87)81(99-103)68-23-26-74-71(54-68)97-90(93)126-74/h11-13,18-19,23,26,51,54,57,59-60,62-64,66-67,70,72,75-78,83-84,107,111H,14-17,20-22,24-25,27-50,52-53,55-56,58H2,1-10H3,(H2,93,97)(H,94,105)(H2,92,95,96)/b13-11-,18-12-,61-19-,65-51-/t60-,62-,63-,64-,66-,67-,70+,72-,75+,76-,77+,78-,83+,84+,91-/m1/s1. The number of ether oxygens (including phenoxy) is 15. The maximum absolute atomic E-state index is 14.8. The molecule has 3 aliphatic heterocycles. The molecule has 0 unspecified atom stereocenters. The zero-order chi connectivity index (χ0) is 91.0. The van der Waals surface area contributed by atoms with Gasteiger partial charge in [-0.25, -0.2) is 24.1 Å². The number of oxazole rings is 1. The second-order valence-corrected chi connectivity index (χ2v) is 33.4. The summed E-state index contributed by atoms with van der Waals surface area (Å²) in [4.78, 5) is 98.7. The van der Waals surface area contributed by atoms with Crippen LogP contribution in [0.15, 0.2) is 82.7 Å². The number of Topliss-reactive ketones (excluding diaryl/α,β-unsaturated/α-hetero) is 3. The molecule has 4 aromatic heterocycles. The Morgan fingerprint density at radius 2 is 1.39 bits per heavy atom. The fourth-order valence-electron chi connectivity index (χ4n) is 16.4. The first-order valence-electron chi connectivity index (χ1n) is 45.0. The number of amides is 2. The van der Waals surface area contributed by atoms with Crippen LogP contribution >= 0.6 is 0 Å². The van der Waals surface area contributed by atoms with Crippen molar-refractivity contribution < 1.29 is 114 Å². The molecule has 0 radical (unpaired) electrons. The molecule has 2 bridgehead atoms. The molecule has 1 aliphatic carbocycles. The number of allylic oxidation sites excluding steroid dienone is 6. The van der Waals surface area contributed by atoms with Gasteiger partial charge >= 0.3 is 5.97 Å². The molecular weight excluding hydrogens is 1650 g/mol. The number of nitrogens with zero attached hydrogens (tertiary/aromatic N) is 9. The number of esters is 1. The normalized spacial score (nSPS) is 26.5. The molecule has 7 heterocycles. The second kappa shape index (κ2) is 54.4. The van der Waals surface area contributed by atoms with Crippen molar-refractivity contribution in [3.8, 4) is 11.3 Å². The number of methoxy groups -OCH3 is 3. The van der Waals surface area contributed by atoms with Crippen LogP contribution in [0.4, 0.5) is 11.8 Å². The van der Waals surface area contributed by atoms with Crippen LogP contribution in [0.25, 0.3) is 33.4 Å². The fraction of sp³-hybridized carbons (Fsp3) is 0.692. The van der Waals surface area contributed by atoms with Gasteiger partial charge in [0.15, 0.2) is 17.0 Å². The van der Waals surface area contributed by atoms with Crippen molar-refractivity contribution in [2.45, 2.75) is 219 Å². The molecule has 7 N–H and O–H groups in total. The number of ketones is 3. The lowest BCUT2D eigenvalue weighted by atomic mass is 9.78. The van der Waals surface area contributed by atoms with Crippen LogP contribution < -0.4 is 16.8 Å². The number of carbonyl (C=O) groups is 6. The third-order valence-electron chi connectivity index (χ3n) is 23.7. The van der Waals surface area contributed by atoms with Crippen LogP contribution in [0.3, 0.4) is 0 Å². The van der Waals surface area contributed by atoms with E-state index in [2.05, 4.69) is 30.6 Å². The smallest absolute Gasteiger partial charge is 0.329 e. The van der Waals surface area contributed by atoms with E-state index in [0.29, 0.717) is 235 Å². The quantitative estimate of drug-likeness (QED) is 0.0106. The molecule has 15 atom stereocenters. The summed E-state index contributed by atoms with van der Waals surface area (Å²) >= 11 is 0. The second-order valence-electron chi connectivity index (χ2n) is 33.4. The minimum Gasteiger partial charge on any atom is -0.460 e. The minimum atomic E-state index is -2.47. The lowest BCUT2D eigenvalue weighted by Gasteiger charge is -2.42. The number of aryl methyl sites for hydroxylation is 1. The number of hydrogen-bond acceptors (Lipinski definition) is 32. The highest BCUT2D eigenvalue weighted by molar-refractivity contribution is 6.39. The van der Waals surface area contributed by atoms with E-state index in [1.165, 1.54) is 18.3 Å². The van der Waals surface area contributed by atoms with E-state index in [1.54, 1.807) is 56.5 Å². The highest BCUT2D eigenvalue weighted by Gasteiger charge is 2.53. The number of aliphatic hydroxyl groups is 2. The van der Waals surface area contributed by atoms with Gasteiger partial charge in [0.25, 0.3) is 17.7 Å². The molecule has 1 aromatic carbocycles. The topological polar surface area (TPSA) is 449 Å². The summed E-state index contributed by atoms with van der Waals surface area (Å²) in [5.74, 6) is -8.07. The van der Waals surface area contributed by atoms with Crippen LogP contribution in [0, 0.1) is 35.5 Å². The van der Waals surface area contributed by atoms with Crippen molar-refractivity contribution in [3.63, 3.8) is 0 Å². The Kier molecular flexibility index (Phi) is 43.9. The summed E-state index contributed by atoms with van der Waals surface area (Å²) in [6.07, 6.45) is 16.3. The van der Waals surface area contributed by atoms with E-state index in [4.69, 9.17) is 92.0 Å². The average molecular weight is 1780 g/mol. The molecule has 3 fully saturated rings. The van der Waals surface area contributed by atoms with E-state index in [1.807, 2.05) is 76.4 Å². The highest BCUT2D eigenvalue weighted by Crippen LogP contribution is 2.39. The van der Waals surface area contributed by atoms with Gasteiger partial charge < -0.3 is 107 Å². The molecule has 5 aromatic rings. The van der Waals surface area contributed by atoms with Gasteiger partial charge in [0.2, 0.25) is 11.7 Å². The largest absolute Gasteiger partial charge is 0.460 e. The molecule has 1 saturated carbocycles. The van der Waals surface area contributed by atoms with Gasteiger partial charge in [0.05, 0.1) is 168 Å². The number of unbranched alkanes of at least 4 members (excludes halogenated alkanes) is 1. The Balaban J connectivity index is 0.586. The summed E-state index contributed by atoms with van der Waals surface area (Å²) in [5, 5.41) is 40.7. The van der Waals surface area contributed by atoms with Crippen LogP contribution in [0.5, 0.6) is 0 Å². The molecular formula is C91H138N12O24. The molecule has 127 heavy (non-hydrogen) atoms. The summed E-state index contributed by atoms with van der Waals surface area (Å²) in [6, 6.07) is 4.39. The maximum atomic E-state index is 14.8. The van der Waals surface area contributed by atoms with Crippen molar-refractivity contribution in [2.24, 2.45) is 35.5 Å². The number of benzene rings is 1. The number of nitrogens with one attached hydrogen (secondary N) is 1. The van der Waals surface area contributed by atoms with Gasteiger partial charge in [-0.1, -0.05) is 76.3 Å². The first kappa shape index (κ1) is 102. The molecule has 4 aliphatic rings. The number of carbonyl (C=O) groups excluding carboxylic acids is 6. The Labute approximate surface area is 744 Å². The molecule has 9 rings (SSSR count). The van der Waals surface area contributed by atoms with E-state index in [-0.39, 0.29) is 92.5 Å². The number of piperidine rings is 1. The zero-order valence-electron chi connectivity index (χ0n) is 75.9. The first-order valence-corrected chi connectivity index (χ1v) is 45.0. The average Bonchev–Trinajstić information content (AvgIpc) is 1.54. The lowest BCUT2D eigenvalue weighted by molar-refractivity contribution is -0.265. The third kappa shape index (κ3) is 32.4. The number of fused-ring (bicyclic) bond motifs is 5. The van der Waals surface area contributed by atoms with E-state index >= 15 is 0 Å². The van der Waals surface area contributed by atoms with E-state index in [0.717, 1.165) is 30.4 Å². The van der Waals surface area contributed by atoms with Gasteiger partial charge in [0.1, 0.15) is 59.2 Å². The molecule has 2 amide bonds. The summed E-state index contributed by atoms with van der Waals surface area (Å²) in [5.41, 5.74) is 17.1. The number of aliphatic hydroxyl groups excluding tert-OH is 1. The van der Waals surface area contributed by atoms with Crippen LogP contribution in [-0.2, 0) is 120 Å². The SMILES string of the molecule is CO[C@@H]1C[C@@H]2CC[C@@H](C)[C@@](O)(O2)C(=O)C(=O)N2CCCC[C@@H]2C(=O)O[C@H]([C@H](C)C[C@H]2CC[C@H](OCCOCc3cn(CCOCCOCCOCCOCCOCCOCCOCCOCCC(=O)NCCCCn4nc(-c5ccc6oc(N)nc6c5)c5c(N)ncnc54)nn3)[C@H](OC)C2)CC(=O)[C@H](C)/C=C(/C)[C@H](O)[C@@H](OC)C(=O)[C@H](C)C[C@H](C)\C=C/C=C\C=C/1C. The van der Waals surface area contributed by atoms with Gasteiger partial charge in [-0.3, -0.25) is 24.0 Å². The van der Waals surface area contributed by atoms with Crippen molar-refractivity contribution >= 4 is 69.1 Å². The van der Waals surface area contributed by atoms with Crippen LogP contribution in [0.2, 0.25) is 0 Å². The Morgan fingerprint density at radius 3 is 2.07 bits per heavy atom. The number of cyclic esters (lactones) is 1. The van der Waals surface area contributed by atoms with Gasteiger partial charge in [0, 0.05) is 83.5 Å². The summed E-state index contributed by atoms with van der Waals surface area (Å²) in [6.45, 7) is 21.6. The lowest BCUT2D eigenvalue weighted by Crippen LogP contribution is -2.61. The highest BCUT2D eigenvalue weighted by atomic mass is 16.6. The number of aromatic nitrogens is 8. The van der Waals surface area contributed by atoms with Gasteiger partial charge in [-0.2, -0.15) is 10.1 Å². The van der Waals surface area contributed by atoms with Crippen molar-refractivity contribution in [1.82, 2.24) is 49.9 Å². The van der Waals surface area contributed by atoms with E-state index < -0.39 is 77.8 Å². The summed E-state index contributed by atoms with van der Waals surface area (Å²) < 4.78 is 96.4. The predicted molar refractivity (Wildman–Crippen MR) is 469 cm³/mol.